The van der Waals surface area contributed by atoms with Crippen molar-refractivity contribution in [2.75, 3.05) is 5.73 Å². The zero-order valence-corrected chi connectivity index (χ0v) is 12.9. The van der Waals surface area contributed by atoms with Crippen molar-refractivity contribution >= 4 is 17.3 Å². The second-order valence-corrected chi connectivity index (χ2v) is 6.14. The number of nitrogens with zero attached hydrogens (tertiary/aromatic N) is 4. The maximum absolute atomic E-state index is 6.08. The average Bonchev–Trinajstić information content (AvgIpc) is 2.96. The van der Waals surface area contributed by atoms with Crippen LogP contribution in [-0.4, -0.2) is 20.2 Å². The van der Waals surface area contributed by atoms with Crippen molar-refractivity contribution in [3.8, 4) is 11.4 Å². The molecule has 0 spiro atoms. The van der Waals surface area contributed by atoms with Crippen LogP contribution < -0.4 is 5.73 Å². The zero-order valence-electron chi connectivity index (χ0n) is 12.2. The Morgan fingerprint density at radius 2 is 2.14 bits per heavy atom. The van der Waals surface area contributed by atoms with E-state index in [0.717, 1.165) is 24.2 Å². The third-order valence-corrected chi connectivity index (χ3v) is 4.69. The molecule has 1 aromatic heterocycles. The van der Waals surface area contributed by atoms with Gasteiger partial charge in [0.1, 0.15) is 0 Å². The highest BCUT2D eigenvalue weighted by molar-refractivity contribution is 6.31. The summed E-state index contributed by atoms with van der Waals surface area (Å²) in [5, 5.41) is 12.9. The topological polar surface area (TPSA) is 69.6 Å². The predicted octanol–water partition coefficient (Wildman–Crippen LogP) is 3.72. The number of tetrazole rings is 1. The quantitative estimate of drug-likeness (QED) is 0.877. The molecule has 1 fully saturated rings. The van der Waals surface area contributed by atoms with Gasteiger partial charge in [-0.3, -0.25) is 0 Å². The van der Waals surface area contributed by atoms with Gasteiger partial charge in [0.2, 0.25) is 0 Å². The Kier molecular flexibility index (Phi) is 4.10. The molecule has 1 aliphatic rings. The predicted molar refractivity (Wildman–Crippen MR) is 84.0 cm³/mol. The van der Waals surface area contributed by atoms with E-state index in [1.54, 1.807) is 6.07 Å². The highest BCUT2D eigenvalue weighted by Gasteiger charge is 2.29. The van der Waals surface area contributed by atoms with Gasteiger partial charge >= 0.3 is 0 Å². The van der Waals surface area contributed by atoms with Gasteiger partial charge < -0.3 is 5.73 Å². The van der Waals surface area contributed by atoms with E-state index in [2.05, 4.69) is 22.4 Å². The molecule has 0 aliphatic heterocycles. The highest BCUT2D eigenvalue weighted by atomic mass is 35.5. The SMILES string of the molecule is CCC1CCCCC1n1nnnc1-c1ccc(Cl)cc1N. The normalized spacial score (nSPS) is 22.4. The molecule has 1 saturated carbocycles. The number of hydrogen-bond donors (Lipinski definition) is 1. The summed E-state index contributed by atoms with van der Waals surface area (Å²) in [5.74, 6) is 1.38. The number of anilines is 1. The van der Waals surface area contributed by atoms with Crippen molar-refractivity contribution in [1.29, 1.82) is 0 Å². The lowest BCUT2D eigenvalue weighted by Gasteiger charge is -2.31. The van der Waals surface area contributed by atoms with Crippen molar-refractivity contribution in [3.05, 3.63) is 23.2 Å². The van der Waals surface area contributed by atoms with E-state index in [0.29, 0.717) is 22.7 Å². The first-order chi connectivity index (χ1) is 10.2. The fourth-order valence-electron chi connectivity index (χ4n) is 3.32. The van der Waals surface area contributed by atoms with Crippen molar-refractivity contribution < 1.29 is 0 Å². The van der Waals surface area contributed by atoms with E-state index < -0.39 is 0 Å². The molecule has 1 aromatic carbocycles. The van der Waals surface area contributed by atoms with Gasteiger partial charge in [0.25, 0.3) is 0 Å². The summed E-state index contributed by atoms with van der Waals surface area (Å²) in [6.45, 7) is 2.24. The van der Waals surface area contributed by atoms with E-state index in [9.17, 15) is 0 Å². The first-order valence-electron chi connectivity index (χ1n) is 7.54. The molecule has 0 amide bonds. The largest absolute Gasteiger partial charge is 0.398 e. The summed E-state index contributed by atoms with van der Waals surface area (Å²) in [7, 11) is 0. The van der Waals surface area contributed by atoms with Gasteiger partial charge in [0, 0.05) is 16.3 Å². The molecule has 3 rings (SSSR count). The summed E-state index contributed by atoms with van der Waals surface area (Å²) in [4.78, 5) is 0. The van der Waals surface area contributed by atoms with Crippen LogP contribution in [0.1, 0.15) is 45.1 Å². The van der Waals surface area contributed by atoms with Gasteiger partial charge in [-0.15, -0.1) is 5.10 Å². The molecule has 0 radical (unpaired) electrons. The molecule has 5 nitrogen and oxygen atoms in total. The third kappa shape index (κ3) is 2.75. The van der Waals surface area contributed by atoms with E-state index in [1.807, 2.05) is 16.8 Å². The van der Waals surface area contributed by atoms with Crippen LogP contribution in [-0.2, 0) is 0 Å². The van der Waals surface area contributed by atoms with Crippen LogP contribution in [0.15, 0.2) is 18.2 Å². The minimum Gasteiger partial charge on any atom is -0.398 e. The Balaban J connectivity index is 2.00. The van der Waals surface area contributed by atoms with Crippen LogP contribution in [0.4, 0.5) is 5.69 Å². The van der Waals surface area contributed by atoms with E-state index in [1.165, 1.54) is 19.3 Å². The Labute approximate surface area is 129 Å². The molecule has 2 N–H and O–H groups in total. The molecule has 1 aliphatic carbocycles. The lowest BCUT2D eigenvalue weighted by atomic mass is 9.83. The van der Waals surface area contributed by atoms with E-state index in [-0.39, 0.29) is 0 Å². The first kappa shape index (κ1) is 14.3. The van der Waals surface area contributed by atoms with Crippen LogP contribution in [0.3, 0.4) is 0 Å². The second-order valence-electron chi connectivity index (χ2n) is 5.70. The van der Waals surface area contributed by atoms with Crippen molar-refractivity contribution in [2.45, 2.75) is 45.1 Å². The molecular weight excluding hydrogens is 286 g/mol. The van der Waals surface area contributed by atoms with Gasteiger partial charge in [0.15, 0.2) is 5.82 Å². The highest BCUT2D eigenvalue weighted by Crippen LogP contribution is 2.38. The number of halogens is 1. The van der Waals surface area contributed by atoms with Crippen molar-refractivity contribution in [3.63, 3.8) is 0 Å². The number of hydrogen-bond acceptors (Lipinski definition) is 4. The average molecular weight is 306 g/mol. The molecule has 2 unspecified atom stereocenters. The number of benzene rings is 1. The monoisotopic (exact) mass is 305 g/mol. The van der Waals surface area contributed by atoms with Gasteiger partial charge in [-0.2, -0.15) is 0 Å². The van der Waals surface area contributed by atoms with Crippen LogP contribution in [0.2, 0.25) is 5.02 Å². The number of nitrogen functional groups attached to an aromatic ring is 1. The molecular formula is C15H20ClN5. The zero-order chi connectivity index (χ0) is 14.8. The first-order valence-corrected chi connectivity index (χ1v) is 7.91. The summed E-state index contributed by atoms with van der Waals surface area (Å²) >= 11 is 5.97. The standard InChI is InChI=1S/C15H20ClN5/c1-2-10-5-3-4-6-14(10)21-15(18-19-20-21)12-8-7-11(16)9-13(12)17/h7-10,14H,2-6,17H2,1H3. The van der Waals surface area contributed by atoms with Gasteiger partial charge in [0.05, 0.1) is 6.04 Å². The van der Waals surface area contributed by atoms with Crippen molar-refractivity contribution in [2.24, 2.45) is 5.92 Å². The Morgan fingerprint density at radius 3 is 2.90 bits per heavy atom. The van der Waals surface area contributed by atoms with Crippen LogP contribution >= 0.6 is 11.6 Å². The molecule has 2 aromatic rings. The fourth-order valence-corrected chi connectivity index (χ4v) is 3.50. The number of nitrogens with two attached hydrogens (primary N) is 1. The maximum Gasteiger partial charge on any atom is 0.184 e. The Bertz CT molecular complexity index is 624. The molecule has 21 heavy (non-hydrogen) atoms. The minimum atomic E-state index is 0.365. The molecule has 1 heterocycles. The summed E-state index contributed by atoms with van der Waals surface area (Å²) in [6, 6.07) is 5.83. The minimum absolute atomic E-state index is 0.365. The lowest BCUT2D eigenvalue weighted by molar-refractivity contribution is 0.216. The lowest BCUT2D eigenvalue weighted by Crippen LogP contribution is -2.24. The fraction of sp³-hybridized carbons (Fsp3) is 0.533. The van der Waals surface area contributed by atoms with Gasteiger partial charge in [-0.25, -0.2) is 4.68 Å². The van der Waals surface area contributed by atoms with Crippen LogP contribution in [0.25, 0.3) is 11.4 Å². The summed E-state index contributed by atoms with van der Waals surface area (Å²) in [5.41, 5.74) is 7.55. The van der Waals surface area contributed by atoms with E-state index >= 15 is 0 Å². The maximum atomic E-state index is 6.08. The van der Waals surface area contributed by atoms with E-state index in [4.69, 9.17) is 17.3 Å². The third-order valence-electron chi connectivity index (χ3n) is 4.45. The van der Waals surface area contributed by atoms with Crippen LogP contribution in [0, 0.1) is 5.92 Å². The molecule has 2 atom stereocenters. The van der Waals surface area contributed by atoms with Crippen LogP contribution in [0.5, 0.6) is 0 Å². The van der Waals surface area contributed by atoms with Gasteiger partial charge in [-0.05, 0) is 47.4 Å². The summed E-state index contributed by atoms with van der Waals surface area (Å²) < 4.78 is 1.97. The smallest absolute Gasteiger partial charge is 0.184 e. The van der Waals surface area contributed by atoms with Gasteiger partial charge in [-0.1, -0.05) is 37.8 Å². The van der Waals surface area contributed by atoms with Crippen molar-refractivity contribution in [1.82, 2.24) is 20.2 Å². The molecule has 112 valence electrons. The Hall–Kier alpha value is -1.62. The number of aromatic nitrogens is 4. The molecule has 0 saturated heterocycles. The summed E-state index contributed by atoms with van der Waals surface area (Å²) in [6.07, 6.45) is 6.06. The number of rotatable bonds is 3. The molecule has 0 bridgehead atoms. The second kappa shape index (κ2) is 6.02. The molecule has 6 heteroatoms. The Morgan fingerprint density at radius 1 is 1.33 bits per heavy atom.